The van der Waals surface area contributed by atoms with Crippen molar-refractivity contribution in [2.24, 2.45) is 0 Å². The number of alkyl halides is 2. The van der Waals surface area contributed by atoms with Crippen molar-refractivity contribution >= 4 is 57.8 Å². The highest BCUT2D eigenvalue weighted by atomic mass is 127. The first kappa shape index (κ1) is 8.64. The van der Waals surface area contributed by atoms with E-state index in [2.05, 4.69) is 70.0 Å². The van der Waals surface area contributed by atoms with E-state index in [-0.39, 0.29) is 0 Å². The lowest BCUT2D eigenvalue weighted by atomic mass is 10.1. The van der Waals surface area contributed by atoms with Gasteiger partial charge in [-0.25, -0.2) is 0 Å². The first-order valence-corrected chi connectivity index (χ1v) is 5.85. The van der Waals surface area contributed by atoms with Crippen molar-refractivity contribution < 1.29 is 0 Å². The third-order valence-electron chi connectivity index (χ3n) is 1.37. The molecule has 1 aliphatic carbocycles. The second kappa shape index (κ2) is 3.80. The summed E-state index contributed by atoms with van der Waals surface area (Å²) in [5, 5.41) is 0.567. The van der Waals surface area contributed by atoms with Gasteiger partial charge < -0.3 is 0 Å². The van der Waals surface area contributed by atoms with Crippen LogP contribution in [0.1, 0.15) is 6.42 Å². The minimum atomic E-state index is 0.567. The predicted molar refractivity (Wildman–Crippen MR) is 62.1 cm³/mol. The number of halogens is 2. The zero-order valence-corrected chi connectivity index (χ0v) is 10.0. The lowest BCUT2D eigenvalue weighted by Gasteiger charge is -2.23. The van der Waals surface area contributed by atoms with Gasteiger partial charge in [-0.15, -0.1) is 0 Å². The molecule has 0 bridgehead atoms. The maximum Gasteiger partial charge on any atom is 0.0418 e. The molecule has 0 amide bonds. The third kappa shape index (κ3) is 2.25. The first-order valence-electron chi connectivity index (χ1n) is 2.84. The summed E-state index contributed by atoms with van der Waals surface area (Å²) in [6.45, 7) is 0. The third-order valence-corrected chi connectivity index (χ3v) is 6.68. The fourth-order valence-electron chi connectivity index (χ4n) is 0.796. The van der Waals surface area contributed by atoms with Crippen LogP contribution in [-0.4, -0.2) is 13.1 Å². The molecule has 0 aromatic heterocycles. The van der Waals surface area contributed by atoms with E-state index in [4.69, 9.17) is 0 Å². The van der Waals surface area contributed by atoms with Crippen LogP contribution in [0.4, 0.5) is 0 Å². The Morgan fingerprint density at radius 2 is 2.11 bits per heavy atom. The normalized spacial score (nSPS) is 43.2. The van der Waals surface area contributed by atoms with Crippen LogP contribution < -0.4 is 0 Å². The molecule has 0 heterocycles. The molecular formula is C6H8I2S. The number of allylic oxidation sites excluding steroid dienone is 2. The molecule has 1 rings (SSSR count). The van der Waals surface area contributed by atoms with Crippen LogP contribution in [0.15, 0.2) is 12.2 Å². The number of hydrogen-bond acceptors (Lipinski definition) is 1. The SMILES string of the molecule is SC1CC=CC(I)C1I. The van der Waals surface area contributed by atoms with E-state index in [1.54, 1.807) is 0 Å². The fraction of sp³-hybridized carbons (Fsp3) is 0.667. The van der Waals surface area contributed by atoms with Crippen molar-refractivity contribution in [1.29, 1.82) is 0 Å². The monoisotopic (exact) mass is 366 g/mol. The van der Waals surface area contributed by atoms with E-state index >= 15 is 0 Å². The molecule has 0 aliphatic heterocycles. The Morgan fingerprint density at radius 3 is 2.56 bits per heavy atom. The molecule has 0 fully saturated rings. The number of rotatable bonds is 0. The predicted octanol–water partition coefficient (Wildman–Crippen LogP) is 2.85. The van der Waals surface area contributed by atoms with Gasteiger partial charge >= 0.3 is 0 Å². The van der Waals surface area contributed by atoms with E-state index in [1.807, 2.05) is 0 Å². The average molecular weight is 366 g/mol. The highest BCUT2D eigenvalue weighted by Gasteiger charge is 2.22. The molecule has 9 heavy (non-hydrogen) atoms. The molecule has 0 N–H and O–H groups in total. The fourth-order valence-corrected chi connectivity index (χ4v) is 2.76. The van der Waals surface area contributed by atoms with Gasteiger partial charge in [-0.3, -0.25) is 0 Å². The molecule has 0 aromatic rings. The van der Waals surface area contributed by atoms with Crippen LogP contribution in [0.2, 0.25) is 0 Å². The van der Waals surface area contributed by atoms with Gasteiger partial charge in [-0.2, -0.15) is 12.6 Å². The Bertz CT molecular complexity index is 124. The lowest BCUT2D eigenvalue weighted by molar-refractivity contribution is 0.820. The summed E-state index contributed by atoms with van der Waals surface area (Å²) in [7, 11) is 0. The van der Waals surface area contributed by atoms with E-state index in [0.717, 1.165) is 6.42 Å². The second-order valence-electron chi connectivity index (χ2n) is 2.12. The van der Waals surface area contributed by atoms with Gasteiger partial charge in [0, 0.05) is 13.1 Å². The van der Waals surface area contributed by atoms with Gasteiger partial charge in [0.1, 0.15) is 0 Å². The molecule has 0 aromatic carbocycles. The van der Waals surface area contributed by atoms with Gasteiger partial charge in [-0.05, 0) is 6.42 Å². The number of thiol groups is 1. The van der Waals surface area contributed by atoms with Gasteiger partial charge in [0.25, 0.3) is 0 Å². The van der Waals surface area contributed by atoms with Gasteiger partial charge in [0.2, 0.25) is 0 Å². The molecular weight excluding hydrogens is 358 g/mol. The van der Waals surface area contributed by atoms with Crippen molar-refractivity contribution in [1.82, 2.24) is 0 Å². The summed E-state index contributed by atoms with van der Waals surface area (Å²) in [6.07, 6.45) is 5.63. The molecule has 3 unspecified atom stereocenters. The number of hydrogen-bond donors (Lipinski definition) is 1. The van der Waals surface area contributed by atoms with Crippen LogP contribution in [0, 0.1) is 0 Å². The van der Waals surface area contributed by atoms with Crippen molar-refractivity contribution in [2.45, 2.75) is 19.5 Å². The summed E-state index contributed by atoms with van der Waals surface area (Å²) in [5.74, 6) is 0. The van der Waals surface area contributed by atoms with Crippen LogP contribution in [-0.2, 0) is 0 Å². The zero-order valence-electron chi connectivity index (χ0n) is 4.80. The maximum atomic E-state index is 4.45. The summed E-state index contributed by atoms with van der Waals surface area (Å²) in [4.78, 5) is 0. The lowest BCUT2D eigenvalue weighted by Crippen LogP contribution is -2.25. The molecule has 0 saturated carbocycles. The minimum absolute atomic E-state index is 0.567. The molecule has 52 valence electrons. The van der Waals surface area contributed by atoms with Crippen LogP contribution >= 0.6 is 57.8 Å². The van der Waals surface area contributed by atoms with Crippen LogP contribution in [0.5, 0.6) is 0 Å². The topological polar surface area (TPSA) is 0 Å². The van der Waals surface area contributed by atoms with Crippen LogP contribution in [0.25, 0.3) is 0 Å². The van der Waals surface area contributed by atoms with E-state index in [0.29, 0.717) is 13.1 Å². The minimum Gasteiger partial charge on any atom is -0.174 e. The summed E-state index contributed by atoms with van der Waals surface area (Å²) in [5.41, 5.74) is 0. The van der Waals surface area contributed by atoms with E-state index in [9.17, 15) is 0 Å². The second-order valence-corrected chi connectivity index (χ2v) is 5.66. The highest BCUT2D eigenvalue weighted by molar-refractivity contribution is 14.1. The molecule has 0 spiro atoms. The van der Waals surface area contributed by atoms with Crippen molar-refractivity contribution in [3.05, 3.63) is 12.2 Å². The first-order chi connectivity index (χ1) is 4.22. The summed E-state index contributed by atoms with van der Waals surface area (Å²) < 4.78 is 1.39. The van der Waals surface area contributed by atoms with E-state index in [1.165, 1.54) is 0 Å². The zero-order chi connectivity index (χ0) is 6.85. The van der Waals surface area contributed by atoms with Gasteiger partial charge in [0.05, 0.1) is 0 Å². The Kier molecular flexibility index (Phi) is 3.65. The average Bonchev–Trinajstić information content (AvgIpc) is 1.83. The molecule has 0 radical (unpaired) electrons. The van der Waals surface area contributed by atoms with Gasteiger partial charge in [0.15, 0.2) is 0 Å². The molecule has 0 nitrogen and oxygen atoms in total. The quantitative estimate of drug-likeness (QED) is 0.290. The molecule has 1 aliphatic rings. The Labute approximate surface area is 88.5 Å². The van der Waals surface area contributed by atoms with Gasteiger partial charge in [-0.1, -0.05) is 57.3 Å². The Morgan fingerprint density at radius 1 is 1.44 bits per heavy atom. The van der Waals surface area contributed by atoms with Crippen molar-refractivity contribution in [3.63, 3.8) is 0 Å². The molecule has 0 saturated heterocycles. The maximum absolute atomic E-state index is 4.45. The summed E-state index contributed by atoms with van der Waals surface area (Å²) in [6, 6.07) is 0. The van der Waals surface area contributed by atoms with E-state index < -0.39 is 0 Å². The molecule has 3 atom stereocenters. The highest BCUT2D eigenvalue weighted by Crippen LogP contribution is 2.29. The van der Waals surface area contributed by atoms with Crippen LogP contribution in [0.3, 0.4) is 0 Å². The molecule has 3 heteroatoms. The Balaban J connectivity index is 2.58. The largest absolute Gasteiger partial charge is 0.174 e. The van der Waals surface area contributed by atoms with Crippen molar-refractivity contribution in [3.8, 4) is 0 Å². The smallest absolute Gasteiger partial charge is 0.0418 e. The summed E-state index contributed by atoms with van der Waals surface area (Å²) >= 11 is 9.38. The standard InChI is InChI=1S/C6H8I2S/c7-4-2-1-3-5(9)6(4)8/h1-2,4-6,9H,3H2. The Hall–Kier alpha value is 1.55. The van der Waals surface area contributed by atoms with Crippen molar-refractivity contribution in [2.75, 3.05) is 0 Å².